The van der Waals surface area contributed by atoms with E-state index in [1.807, 2.05) is 51.1 Å². The fourth-order valence-corrected chi connectivity index (χ4v) is 4.03. The summed E-state index contributed by atoms with van der Waals surface area (Å²) in [5, 5.41) is 0. The van der Waals surface area contributed by atoms with Crippen molar-refractivity contribution in [1.82, 2.24) is 15.8 Å². The molecule has 1 aliphatic heterocycles. The molecule has 2 atom stereocenters. The topological polar surface area (TPSA) is 78.5 Å². The highest BCUT2D eigenvalue weighted by molar-refractivity contribution is 7.13. The summed E-state index contributed by atoms with van der Waals surface area (Å²) in [4.78, 5) is 41.1. The predicted octanol–water partition coefficient (Wildman–Crippen LogP) is 2.82. The number of hydrazine groups is 1. The molecule has 0 saturated carbocycles. The molecular weight excluding hydrogens is 374 g/mol. The lowest BCUT2D eigenvalue weighted by atomic mass is 9.92. The van der Waals surface area contributed by atoms with Crippen molar-refractivity contribution in [3.63, 3.8) is 0 Å². The van der Waals surface area contributed by atoms with Crippen molar-refractivity contribution in [1.29, 1.82) is 0 Å². The van der Waals surface area contributed by atoms with Crippen molar-refractivity contribution < 1.29 is 14.4 Å². The van der Waals surface area contributed by atoms with Gasteiger partial charge in [-0.1, -0.05) is 38.1 Å². The zero-order chi connectivity index (χ0) is 20.3. The van der Waals surface area contributed by atoms with Crippen LogP contribution in [-0.4, -0.2) is 28.7 Å². The highest BCUT2D eigenvalue weighted by atomic mass is 32.1. The number of hydrogen-bond acceptors (Lipinski definition) is 4. The maximum absolute atomic E-state index is 12.9. The average Bonchev–Trinajstić information content (AvgIpc) is 3.16. The van der Waals surface area contributed by atoms with Crippen molar-refractivity contribution in [3.05, 3.63) is 57.3 Å². The molecule has 0 radical (unpaired) electrons. The van der Waals surface area contributed by atoms with E-state index in [-0.39, 0.29) is 23.6 Å². The van der Waals surface area contributed by atoms with Gasteiger partial charge in [-0.2, -0.15) is 0 Å². The lowest BCUT2D eigenvalue weighted by Gasteiger charge is -2.37. The second kappa shape index (κ2) is 8.56. The van der Waals surface area contributed by atoms with Crippen LogP contribution in [0.3, 0.4) is 0 Å². The largest absolute Gasteiger partial charge is 0.326 e. The summed E-state index contributed by atoms with van der Waals surface area (Å²) in [6.45, 7) is 6.14. The molecule has 1 aliphatic rings. The molecule has 0 spiro atoms. The van der Waals surface area contributed by atoms with E-state index in [4.69, 9.17) is 0 Å². The van der Waals surface area contributed by atoms with Gasteiger partial charge in [0.15, 0.2) is 0 Å². The van der Waals surface area contributed by atoms with Crippen LogP contribution in [0.1, 0.15) is 45.9 Å². The molecule has 2 aromatic rings. The lowest BCUT2D eigenvalue weighted by molar-refractivity contribution is -0.145. The van der Waals surface area contributed by atoms with Gasteiger partial charge in [-0.15, -0.1) is 11.3 Å². The summed E-state index contributed by atoms with van der Waals surface area (Å²) < 4.78 is 0. The first-order valence-electron chi connectivity index (χ1n) is 9.44. The molecule has 0 aliphatic carbocycles. The number of nitrogens with zero attached hydrogens (tertiary/aromatic N) is 1. The van der Waals surface area contributed by atoms with Crippen LogP contribution in [-0.2, 0) is 22.6 Å². The van der Waals surface area contributed by atoms with Gasteiger partial charge in [-0.05, 0) is 36.6 Å². The Balaban J connectivity index is 1.75. The summed E-state index contributed by atoms with van der Waals surface area (Å²) in [5.41, 5.74) is 7.09. The molecule has 2 unspecified atom stereocenters. The number of thiophene rings is 1. The van der Waals surface area contributed by atoms with Crippen molar-refractivity contribution in [2.75, 3.05) is 0 Å². The fraction of sp³-hybridized carbons (Fsp3) is 0.381. The van der Waals surface area contributed by atoms with E-state index in [0.29, 0.717) is 24.3 Å². The first kappa shape index (κ1) is 20.1. The molecule has 1 aromatic heterocycles. The normalized spacial score (nSPS) is 16.8. The van der Waals surface area contributed by atoms with Gasteiger partial charge < -0.3 is 4.90 Å². The molecular formula is C21H25N3O3S. The summed E-state index contributed by atoms with van der Waals surface area (Å²) >= 11 is 1.36. The van der Waals surface area contributed by atoms with E-state index in [1.165, 1.54) is 11.3 Å². The number of nitrogens with one attached hydrogen (secondary N) is 2. The quantitative estimate of drug-likeness (QED) is 0.776. The molecule has 7 heteroatoms. The van der Waals surface area contributed by atoms with Crippen molar-refractivity contribution in [2.45, 2.75) is 46.2 Å². The molecule has 2 N–H and O–H groups in total. The number of hydrogen-bond donors (Lipinski definition) is 2. The van der Waals surface area contributed by atoms with Gasteiger partial charge in [0.25, 0.3) is 11.8 Å². The number of benzene rings is 1. The van der Waals surface area contributed by atoms with Gasteiger partial charge in [0.2, 0.25) is 5.91 Å². The fourth-order valence-electron chi connectivity index (χ4n) is 3.27. The number of fused-ring (bicyclic) bond motifs is 1. The Morgan fingerprint density at radius 2 is 1.86 bits per heavy atom. The maximum atomic E-state index is 12.9. The van der Waals surface area contributed by atoms with Crippen LogP contribution in [0, 0.1) is 12.8 Å². The van der Waals surface area contributed by atoms with E-state index in [0.717, 1.165) is 16.0 Å². The van der Waals surface area contributed by atoms with Crippen LogP contribution in [0.15, 0.2) is 36.4 Å². The molecule has 2 heterocycles. The first-order chi connectivity index (χ1) is 13.4. The minimum atomic E-state index is -0.651. The number of rotatable bonds is 4. The molecule has 6 nitrogen and oxygen atoms in total. The SMILES string of the molecule is CCC(C)C(=O)N1Cc2ccccc2CC1C(=O)NNC(=O)c1ccc(C)s1. The Bertz CT molecular complexity index is 893. The van der Waals surface area contributed by atoms with Crippen molar-refractivity contribution in [3.8, 4) is 0 Å². The van der Waals surface area contributed by atoms with E-state index in [9.17, 15) is 14.4 Å². The average molecular weight is 400 g/mol. The molecule has 3 rings (SSSR count). The molecule has 3 amide bonds. The third kappa shape index (κ3) is 4.25. The Kier molecular flexibility index (Phi) is 6.14. The Labute approximate surface area is 168 Å². The van der Waals surface area contributed by atoms with Crippen LogP contribution >= 0.6 is 11.3 Å². The highest BCUT2D eigenvalue weighted by Gasteiger charge is 2.36. The van der Waals surface area contributed by atoms with Gasteiger partial charge in [0.05, 0.1) is 4.88 Å². The summed E-state index contributed by atoms with van der Waals surface area (Å²) in [7, 11) is 0. The lowest BCUT2D eigenvalue weighted by Crippen LogP contribution is -2.56. The molecule has 0 fully saturated rings. The Morgan fingerprint density at radius 3 is 2.50 bits per heavy atom. The smallest absolute Gasteiger partial charge is 0.279 e. The van der Waals surface area contributed by atoms with Gasteiger partial charge in [0.1, 0.15) is 6.04 Å². The third-order valence-electron chi connectivity index (χ3n) is 5.13. The minimum absolute atomic E-state index is 0.0441. The second-order valence-corrected chi connectivity index (χ2v) is 8.41. The Morgan fingerprint density at radius 1 is 1.14 bits per heavy atom. The van der Waals surface area contributed by atoms with Gasteiger partial charge in [-0.25, -0.2) is 0 Å². The standard InChI is InChI=1S/C21H25N3O3S/c1-4-13(2)21(27)24-12-16-8-6-5-7-15(16)11-17(24)19(25)22-23-20(26)18-10-9-14(3)28-18/h5-10,13,17H,4,11-12H2,1-3H3,(H,22,25)(H,23,26). The number of aryl methyl sites for hydroxylation is 1. The zero-order valence-corrected chi connectivity index (χ0v) is 17.1. The van der Waals surface area contributed by atoms with E-state index < -0.39 is 6.04 Å². The maximum Gasteiger partial charge on any atom is 0.279 e. The van der Waals surface area contributed by atoms with E-state index in [2.05, 4.69) is 10.9 Å². The van der Waals surface area contributed by atoms with Gasteiger partial charge in [-0.3, -0.25) is 25.2 Å². The Hall–Kier alpha value is -2.67. The molecule has 1 aromatic carbocycles. The van der Waals surface area contributed by atoms with Crippen LogP contribution in [0.25, 0.3) is 0 Å². The third-order valence-corrected chi connectivity index (χ3v) is 6.13. The molecule has 148 valence electrons. The molecule has 28 heavy (non-hydrogen) atoms. The second-order valence-electron chi connectivity index (χ2n) is 7.12. The predicted molar refractivity (Wildman–Crippen MR) is 109 cm³/mol. The van der Waals surface area contributed by atoms with Crippen molar-refractivity contribution in [2.24, 2.45) is 5.92 Å². The molecule has 0 bridgehead atoms. The van der Waals surface area contributed by atoms with Crippen LogP contribution in [0.2, 0.25) is 0 Å². The van der Waals surface area contributed by atoms with Crippen LogP contribution < -0.4 is 10.9 Å². The van der Waals surface area contributed by atoms with Gasteiger partial charge in [0, 0.05) is 23.8 Å². The van der Waals surface area contributed by atoms with Crippen LogP contribution in [0.5, 0.6) is 0 Å². The monoisotopic (exact) mass is 399 g/mol. The number of carbonyl (C=O) groups excluding carboxylic acids is 3. The summed E-state index contributed by atoms with van der Waals surface area (Å²) in [6.07, 6.45) is 1.14. The first-order valence-corrected chi connectivity index (χ1v) is 10.3. The van der Waals surface area contributed by atoms with Gasteiger partial charge >= 0.3 is 0 Å². The highest BCUT2D eigenvalue weighted by Crippen LogP contribution is 2.25. The van der Waals surface area contributed by atoms with E-state index >= 15 is 0 Å². The van der Waals surface area contributed by atoms with E-state index in [1.54, 1.807) is 11.0 Å². The minimum Gasteiger partial charge on any atom is -0.326 e. The van der Waals surface area contributed by atoms with Crippen LogP contribution in [0.4, 0.5) is 0 Å². The van der Waals surface area contributed by atoms with Crippen molar-refractivity contribution >= 4 is 29.1 Å². The number of carbonyl (C=O) groups is 3. The summed E-state index contributed by atoms with van der Waals surface area (Å²) in [5.74, 6) is -0.947. The summed E-state index contributed by atoms with van der Waals surface area (Å²) in [6, 6.07) is 10.8. The molecule has 0 saturated heterocycles. The number of amides is 3. The zero-order valence-electron chi connectivity index (χ0n) is 16.3.